The molecule has 0 aliphatic rings. The van der Waals surface area contributed by atoms with Gasteiger partial charge in [-0.3, -0.25) is 4.99 Å². The molecule has 0 spiro atoms. The second kappa shape index (κ2) is 10.2. The molecule has 1 nitrogen and oxygen atoms in total. The van der Waals surface area contributed by atoms with Gasteiger partial charge < -0.3 is 0 Å². The lowest BCUT2D eigenvalue weighted by atomic mass is 10.4. The number of allylic oxidation sites excluding steroid dienone is 2. The highest BCUT2D eigenvalue weighted by Crippen LogP contribution is 2.24. The average molecular weight is 323 g/mol. The standard InChI is InChI=1S/C10H11F6NS2/c1-17-10(18-4-2-6(11)8(13)14)19-5-3-7(12)9(15)16/h2-5H2,1H3. The van der Waals surface area contributed by atoms with E-state index in [1.807, 2.05) is 0 Å². The lowest BCUT2D eigenvalue weighted by molar-refractivity contribution is 0.373. The molecule has 0 saturated heterocycles. The van der Waals surface area contributed by atoms with Crippen LogP contribution in [0.4, 0.5) is 26.3 Å². The van der Waals surface area contributed by atoms with E-state index >= 15 is 0 Å². The maximum absolute atomic E-state index is 12.5. The predicted molar refractivity (Wildman–Crippen MR) is 68.2 cm³/mol. The fraction of sp³-hybridized carbons (Fsp3) is 0.500. The summed E-state index contributed by atoms with van der Waals surface area (Å²) in [4.78, 5) is 3.76. The summed E-state index contributed by atoms with van der Waals surface area (Å²) < 4.78 is 72.3. The lowest BCUT2D eigenvalue weighted by Crippen LogP contribution is -1.93. The molecular formula is C10H11F6NS2. The molecule has 0 N–H and O–H groups in total. The van der Waals surface area contributed by atoms with Gasteiger partial charge in [-0.1, -0.05) is 23.5 Å². The van der Waals surface area contributed by atoms with Gasteiger partial charge in [-0.05, 0) is 0 Å². The van der Waals surface area contributed by atoms with Crippen molar-refractivity contribution in [2.45, 2.75) is 12.8 Å². The van der Waals surface area contributed by atoms with Crippen molar-refractivity contribution in [2.75, 3.05) is 18.6 Å². The van der Waals surface area contributed by atoms with Gasteiger partial charge in [-0.15, -0.1) is 0 Å². The van der Waals surface area contributed by atoms with Crippen molar-refractivity contribution < 1.29 is 26.3 Å². The molecule has 0 saturated carbocycles. The molecule has 0 heterocycles. The zero-order valence-corrected chi connectivity index (χ0v) is 11.5. The van der Waals surface area contributed by atoms with Gasteiger partial charge in [-0.2, -0.15) is 17.6 Å². The Hall–Kier alpha value is -0.570. The van der Waals surface area contributed by atoms with Gasteiger partial charge in [-0.25, -0.2) is 8.78 Å². The van der Waals surface area contributed by atoms with E-state index in [0.29, 0.717) is 4.38 Å². The minimum atomic E-state index is -2.35. The SMILES string of the molecule is CN=C(SCCC(F)=C(F)F)SCCC(F)=C(F)F. The Labute approximate surface area is 115 Å². The van der Waals surface area contributed by atoms with Crippen LogP contribution in [0, 0.1) is 0 Å². The minimum absolute atomic E-state index is 0.0403. The summed E-state index contributed by atoms with van der Waals surface area (Å²) in [5.41, 5.74) is 0. The predicted octanol–water partition coefficient (Wildman–Crippen LogP) is 5.37. The Morgan fingerprint density at radius 3 is 1.42 bits per heavy atom. The minimum Gasteiger partial charge on any atom is -0.275 e. The van der Waals surface area contributed by atoms with Crippen LogP contribution in [0.2, 0.25) is 0 Å². The van der Waals surface area contributed by atoms with Crippen LogP contribution in [-0.2, 0) is 0 Å². The van der Waals surface area contributed by atoms with Crippen LogP contribution < -0.4 is 0 Å². The molecule has 0 rings (SSSR count). The molecule has 0 fully saturated rings. The van der Waals surface area contributed by atoms with Crippen LogP contribution in [0.1, 0.15) is 12.8 Å². The van der Waals surface area contributed by atoms with Crippen molar-refractivity contribution >= 4 is 27.9 Å². The highest BCUT2D eigenvalue weighted by Gasteiger charge is 2.09. The topological polar surface area (TPSA) is 12.4 Å². The third-order valence-corrected chi connectivity index (χ3v) is 4.07. The van der Waals surface area contributed by atoms with E-state index in [-0.39, 0.29) is 11.5 Å². The van der Waals surface area contributed by atoms with Crippen molar-refractivity contribution in [1.29, 1.82) is 0 Å². The Morgan fingerprint density at radius 2 is 1.16 bits per heavy atom. The second-order valence-corrected chi connectivity index (χ2v) is 5.44. The molecule has 0 atom stereocenters. The number of aliphatic imine (C=N–C) groups is 1. The second-order valence-electron chi connectivity index (χ2n) is 3.02. The monoisotopic (exact) mass is 323 g/mol. The first-order chi connectivity index (χ1) is 8.88. The van der Waals surface area contributed by atoms with Crippen LogP contribution in [0.5, 0.6) is 0 Å². The van der Waals surface area contributed by atoms with Crippen LogP contribution in [-0.4, -0.2) is 22.9 Å². The quantitative estimate of drug-likeness (QED) is 0.370. The van der Waals surface area contributed by atoms with Gasteiger partial charge in [0.05, 0.1) is 0 Å². The average Bonchev–Trinajstić information content (AvgIpc) is 2.35. The number of halogens is 6. The number of rotatable bonds is 6. The summed E-state index contributed by atoms with van der Waals surface area (Å²) in [5.74, 6) is -2.89. The highest BCUT2D eigenvalue weighted by atomic mass is 32.2. The van der Waals surface area contributed by atoms with E-state index < -0.39 is 36.7 Å². The lowest BCUT2D eigenvalue weighted by Gasteiger charge is -2.03. The molecule has 0 bridgehead atoms. The van der Waals surface area contributed by atoms with E-state index in [1.54, 1.807) is 0 Å². The van der Waals surface area contributed by atoms with Crippen LogP contribution in [0.3, 0.4) is 0 Å². The number of nitrogens with zero attached hydrogens (tertiary/aromatic N) is 1. The van der Waals surface area contributed by atoms with Crippen molar-refractivity contribution in [3.63, 3.8) is 0 Å². The van der Waals surface area contributed by atoms with Gasteiger partial charge >= 0.3 is 12.2 Å². The van der Waals surface area contributed by atoms with Crippen molar-refractivity contribution in [3.8, 4) is 0 Å². The summed E-state index contributed by atoms with van der Waals surface area (Å²) in [6, 6.07) is 0. The number of hydrogen-bond acceptors (Lipinski definition) is 3. The molecule has 0 aromatic heterocycles. The van der Waals surface area contributed by atoms with Gasteiger partial charge in [0.1, 0.15) is 4.38 Å². The molecular weight excluding hydrogens is 312 g/mol. The van der Waals surface area contributed by atoms with Gasteiger partial charge in [0.2, 0.25) is 0 Å². The molecule has 0 unspecified atom stereocenters. The van der Waals surface area contributed by atoms with Gasteiger partial charge in [0.25, 0.3) is 0 Å². The molecule has 0 aromatic rings. The zero-order chi connectivity index (χ0) is 14.8. The zero-order valence-electron chi connectivity index (χ0n) is 9.86. The molecule has 0 amide bonds. The summed E-state index contributed by atoms with van der Waals surface area (Å²) in [6.45, 7) is 0. The molecule has 110 valence electrons. The van der Waals surface area contributed by atoms with Crippen LogP contribution >= 0.6 is 23.5 Å². The Kier molecular flexibility index (Phi) is 9.94. The molecule has 0 radical (unpaired) electrons. The number of hydrogen-bond donors (Lipinski definition) is 0. The Balaban J connectivity index is 3.99. The van der Waals surface area contributed by atoms with Gasteiger partial charge in [0.15, 0.2) is 11.7 Å². The van der Waals surface area contributed by atoms with Crippen LogP contribution in [0.15, 0.2) is 28.8 Å². The van der Waals surface area contributed by atoms with Crippen molar-refractivity contribution in [2.24, 2.45) is 4.99 Å². The normalized spacial score (nSPS) is 10.1. The Bertz CT molecular complexity index is 340. The van der Waals surface area contributed by atoms with Gasteiger partial charge in [0, 0.05) is 31.4 Å². The van der Waals surface area contributed by atoms with Crippen LogP contribution in [0.25, 0.3) is 0 Å². The van der Waals surface area contributed by atoms with Crippen molar-refractivity contribution in [1.82, 2.24) is 0 Å². The highest BCUT2D eigenvalue weighted by molar-refractivity contribution is 8.38. The third-order valence-electron chi connectivity index (χ3n) is 1.69. The maximum Gasteiger partial charge on any atom is 0.301 e. The summed E-state index contributed by atoms with van der Waals surface area (Å²) >= 11 is 2.01. The molecule has 9 heteroatoms. The largest absolute Gasteiger partial charge is 0.301 e. The van der Waals surface area contributed by atoms with E-state index in [1.165, 1.54) is 7.05 Å². The van der Waals surface area contributed by atoms with E-state index in [4.69, 9.17) is 0 Å². The molecule has 0 aliphatic carbocycles. The van der Waals surface area contributed by atoms with Crippen molar-refractivity contribution in [3.05, 3.63) is 23.8 Å². The third kappa shape index (κ3) is 9.04. The first-order valence-electron chi connectivity index (χ1n) is 5.00. The van der Waals surface area contributed by atoms with E-state index in [9.17, 15) is 26.3 Å². The fourth-order valence-electron chi connectivity index (χ4n) is 0.816. The summed E-state index contributed by atoms with van der Waals surface area (Å²) in [7, 11) is 1.42. The summed E-state index contributed by atoms with van der Waals surface area (Å²) in [6.07, 6.45) is -5.59. The Morgan fingerprint density at radius 1 is 0.789 bits per heavy atom. The molecule has 0 aliphatic heterocycles. The van der Waals surface area contributed by atoms with E-state index in [2.05, 4.69) is 4.99 Å². The smallest absolute Gasteiger partial charge is 0.275 e. The fourth-order valence-corrected chi connectivity index (χ4v) is 2.82. The summed E-state index contributed by atoms with van der Waals surface area (Å²) in [5, 5.41) is 0. The molecule has 19 heavy (non-hydrogen) atoms. The molecule has 0 aromatic carbocycles. The first-order valence-corrected chi connectivity index (χ1v) is 6.97. The number of thioether (sulfide) groups is 2. The van der Waals surface area contributed by atoms with E-state index in [0.717, 1.165) is 23.5 Å². The maximum atomic E-state index is 12.5. The first kappa shape index (κ1) is 18.4.